The average molecular weight is 500 g/mol. The molecule has 0 saturated carbocycles. The molecule has 6 nitrogen and oxygen atoms in total. The molecular weight excluding hydrogens is 471 g/mol. The largest absolute Gasteiger partial charge is 0.465 e. The molecule has 0 aliphatic carbocycles. The monoisotopic (exact) mass is 499 g/mol. The number of nitrogens with zero attached hydrogens (tertiary/aromatic N) is 3. The first-order valence-corrected chi connectivity index (χ1v) is 11.8. The van der Waals surface area contributed by atoms with Crippen molar-refractivity contribution in [2.45, 2.75) is 58.8 Å². The van der Waals surface area contributed by atoms with E-state index in [-0.39, 0.29) is 18.6 Å². The van der Waals surface area contributed by atoms with Crippen LogP contribution in [-0.2, 0) is 35.5 Å². The van der Waals surface area contributed by atoms with Crippen LogP contribution in [0.25, 0.3) is 11.1 Å². The summed E-state index contributed by atoms with van der Waals surface area (Å²) >= 11 is 0. The summed E-state index contributed by atoms with van der Waals surface area (Å²) in [6.07, 6.45) is -2.74. The summed E-state index contributed by atoms with van der Waals surface area (Å²) in [5, 5.41) is 9.36. The van der Waals surface area contributed by atoms with Gasteiger partial charge in [-0.05, 0) is 42.5 Å². The molecule has 3 rings (SSSR count). The van der Waals surface area contributed by atoms with Gasteiger partial charge in [0.1, 0.15) is 13.1 Å². The standard InChI is InChI=1S/C27H28F3N3O3/c1-3-5-10-24-23(26(35)33(18-27(28,29)30)32(24)17-25(34)36-4-2)15-19-11-13-20(14-12-19)22-9-7-6-8-21(22)16-31/h6-9,11-14H,3-5,10,15,17-18H2,1-2H3. The van der Waals surface area contributed by atoms with E-state index in [0.29, 0.717) is 28.8 Å². The fourth-order valence-electron chi connectivity index (χ4n) is 4.17. The lowest BCUT2D eigenvalue weighted by atomic mass is 9.97. The minimum absolute atomic E-state index is 0.0854. The van der Waals surface area contributed by atoms with Crippen molar-refractivity contribution in [3.63, 3.8) is 0 Å². The van der Waals surface area contributed by atoms with Gasteiger partial charge in [-0.1, -0.05) is 55.8 Å². The number of aromatic nitrogens is 2. The van der Waals surface area contributed by atoms with Gasteiger partial charge in [0.05, 0.1) is 18.2 Å². The second-order valence-corrected chi connectivity index (χ2v) is 8.40. The maximum atomic E-state index is 13.4. The number of hydrogen-bond donors (Lipinski definition) is 0. The number of unbranched alkanes of at least 4 members (excludes halogenated alkanes) is 1. The van der Waals surface area contributed by atoms with Gasteiger partial charge >= 0.3 is 12.1 Å². The molecule has 0 atom stereocenters. The van der Waals surface area contributed by atoms with Gasteiger partial charge < -0.3 is 4.74 Å². The van der Waals surface area contributed by atoms with Gasteiger partial charge in [-0.25, -0.2) is 4.68 Å². The van der Waals surface area contributed by atoms with E-state index < -0.39 is 30.8 Å². The van der Waals surface area contributed by atoms with E-state index >= 15 is 0 Å². The Morgan fingerprint density at radius 2 is 1.75 bits per heavy atom. The van der Waals surface area contributed by atoms with Crippen molar-refractivity contribution in [1.82, 2.24) is 9.36 Å². The lowest BCUT2D eigenvalue weighted by Crippen LogP contribution is -2.33. The second-order valence-electron chi connectivity index (χ2n) is 8.40. The van der Waals surface area contributed by atoms with E-state index in [4.69, 9.17) is 4.74 Å². The minimum Gasteiger partial charge on any atom is -0.465 e. The van der Waals surface area contributed by atoms with Crippen molar-refractivity contribution < 1.29 is 22.7 Å². The van der Waals surface area contributed by atoms with Crippen LogP contribution in [0.2, 0.25) is 0 Å². The second kappa shape index (κ2) is 11.8. The maximum Gasteiger partial charge on any atom is 0.408 e. The van der Waals surface area contributed by atoms with E-state index in [0.717, 1.165) is 27.8 Å². The molecule has 0 amide bonds. The Labute approximate surface area is 207 Å². The van der Waals surface area contributed by atoms with Crippen molar-refractivity contribution in [2.24, 2.45) is 0 Å². The first kappa shape index (κ1) is 26.8. The Balaban J connectivity index is 2.04. The number of benzene rings is 2. The molecule has 0 radical (unpaired) electrons. The molecule has 36 heavy (non-hydrogen) atoms. The van der Waals surface area contributed by atoms with Gasteiger partial charge in [0.2, 0.25) is 0 Å². The number of halogens is 3. The quantitative estimate of drug-likeness (QED) is 0.357. The third kappa shape index (κ3) is 6.45. The number of nitriles is 1. The van der Waals surface area contributed by atoms with Crippen LogP contribution in [0.4, 0.5) is 13.2 Å². The lowest BCUT2D eigenvalue weighted by molar-refractivity contribution is -0.150. The number of hydrogen-bond acceptors (Lipinski definition) is 4. The Hall–Kier alpha value is -3.80. The van der Waals surface area contributed by atoms with Crippen molar-refractivity contribution in [2.75, 3.05) is 6.61 Å². The zero-order chi connectivity index (χ0) is 26.3. The van der Waals surface area contributed by atoms with Crippen LogP contribution in [0.5, 0.6) is 0 Å². The van der Waals surface area contributed by atoms with E-state index in [9.17, 15) is 28.0 Å². The molecular formula is C27H28F3N3O3. The average Bonchev–Trinajstić information content (AvgIpc) is 3.07. The fourth-order valence-corrected chi connectivity index (χ4v) is 4.17. The highest BCUT2D eigenvalue weighted by Gasteiger charge is 2.33. The third-order valence-corrected chi connectivity index (χ3v) is 5.82. The van der Waals surface area contributed by atoms with Gasteiger partial charge in [-0.15, -0.1) is 0 Å². The van der Waals surface area contributed by atoms with Gasteiger partial charge in [-0.2, -0.15) is 18.4 Å². The molecule has 0 unspecified atom stereocenters. The summed E-state index contributed by atoms with van der Waals surface area (Å²) in [7, 11) is 0. The molecule has 3 aromatic rings. The van der Waals surface area contributed by atoms with Gasteiger partial charge in [0.25, 0.3) is 5.56 Å². The van der Waals surface area contributed by atoms with Crippen molar-refractivity contribution in [1.29, 1.82) is 5.26 Å². The highest BCUT2D eigenvalue weighted by atomic mass is 19.4. The predicted octanol–water partition coefficient (Wildman–Crippen LogP) is 5.25. The van der Waals surface area contributed by atoms with Crippen LogP contribution in [-0.4, -0.2) is 28.1 Å². The van der Waals surface area contributed by atoms with Crippen LogP contribution in [0, 0.1) is 11.3 Å². The lowest BCUT2D eigenvalue weighted by Gasteiger charge is -2.16. The molecule has 0 aliphatic heterocycles. The van der Waals surface area contributed by atoms with E-state index in [1.807, 2.05) is 31.2 Å². The van der Waals surface area contributed by atoms with Crippen LogP contribution in [0.3, 0.4) is 0 Å². The molecule has 2 aromatic carbocycles. The molecule has 1 aromatic heterocycles. The molecule has 0 aliphatic rings. The van der Waals surface area contributed by atoms with Gasteiger partial charge in [-0.3, -0.25) is 14.3 Å². The Bertz CT molecular complexity index is 1300. The zero-order valence-corrected chi connectivity index (χ0v) is 20.3. The van der Waals surface area contributed by atoms with Crippen LogP contribution in [0.15, 0.2) is 53.3 Å². The van der Waals surface area contributed by atoms with Crippen LogP contribution in [0.1, 0.15) is 49.1 Å². The maximum absolute atomic E-state index is 13.4. The molecule has 0 N–H and O–H groups in total. The molecule has 9 heteroatoms. The Morgan fingerprint density at radius 3 is 2.36 bits per heavy atom. The van der Waals surface area contributed by atoms with Gasteiger partial charge in [0, 0.05) is 17.7 Å². The highest BCUT2D eigenvalue weighted by Crippen LogP contribution is 2.25. The Kier molecular flexibility index (Phi) is 8.75. The van der Waals surface area contributed by atoms with Crippen LogP contribution < -0.4 is 5.56 Å². The van der Waals surface area contributed by atoms with Crippen molar-refractivity contribution >= 4 is 5.97 Å². The molecule has 190 valence electrons. The normalized spacial score (nSPS) is 11.3. The number of carbonyl (C=O) groups is 1. The topological polar surface area (TPSA) is 77.0 Å². The molecule has 0 fully saturated rings. The summed E-state index contributed by atoms with van der Waals surface area (Å²) in [5.74, 6) is -0.701. The van der Waals surface area contributed by atoms with E-state index in [1.54, 1.807) is 31.2 Å². The van der Waals surface area contributed by atoms with Crippen LogP contribution >= 0.6 is 0 Å². The summed E-state index contributed by atoms with van der Waals surface area (Å²) in [5.41, 5.74) is 2.73. The first-order valence-electron chi connectivity index (χ1n) is 11.8. The summed E-state index contributed by atoms with van der Waals surface area (Å²) in [6.45, 7) is 1.68. The fraction of sp³-hybridized carbons (Fsp3) is 0.370. The third-order valence-electron chi connectivity index (χ3n) is 5.82. The first-order chi connectivity index (χ1) is 17.2. The smallest absolute Gasteiger partial charge is 0.408 e. The summed E-state index contributed by atoms with van der Waals surface area (Å²) in [6, 6.07) is 16.6. The van der Waals surface area contributed by atoms with E-state index in [2.05, 4.69) is 6.07 Å². The predicted molar refractivity (Wildman–Crippen MR) is 129 cm³/mol. The molecule has 1 heterocycles. The molecule has 0 spiro atoms. The minimum atomic E-state index is -4.64. The number of ether oxygens (including phenoxy) is 1. The summed E-state index contributed by atoms with van der Waals surface area (Å²) in [4.78, 5) is 25.4. The Morgan fingerprint density at radius 1 is 1.06 bits per heavy atom. The van der Waals surface area contributed by atoms with E-state index in [1.165, 1.54) is 0 Å². The highest BCUT2D eigenvalue weighted by molar-refractivity contribution is 5.70. The SMILES string of the molecule is CCCCc1c(Cc2ccc(-c3ccccc3C#N)cc2)c(=O)n(CC(F)(F)F)n1CC(=O)OCC. The molecule has 0 bridgehead atoms. The van der Waals surface area contributed by atoms with Crippen molar-refractivity contribution in [3.8, 4) is 17.2 Å². The number of esters is 1. The number of carbonyl (C=O) groups excluding carboxylic acids is 1. The zero-order valence-electron chi connectivity index (χ0n) is 20.3. The summed E-state index contributed by atoms with van der Waals surface area (Å²) < 4.78 is 46.8. The number of rotatable bonds is 10. The van der Waals surface area contributed by atoms with Crippen molar-refractivity contribution in [3.05, 3.63) is 81.3 Å². The molecule has 0 saturated heterocycles. The number of alkyl halides is 3. The van der Waals surface area contributed by atoms with Gasteiger partial charge in [0.15, 0.2) is 0 Å².